The number of aryl methyl sites for hydroxylation is 1. The Hall–Kier alpha value is -0.970. The van der Waals surface area contributed by atoms with Crippen LogP contribution in [0.5, 0.6) is 0 Å². The summed E-state index contributed by atoms with van der Waals surface area (Å²) in [6.45, 7) is 11.2. The summed E-state index contributed by atoms with van der Waals surface area (Å²) < 4.78 is 0. The maximum atomic E-state index is 4.84. The maximum absolute atomic E-state index is 4.84. The Kier molecular flexibility index (Phi) is 3.82. The number of pyridine rings is 1. The molecule has 3 aliphatic heterocycles. The molecule has 3 aliphatic rings. The molecule has 0 atom stereocenters. The first-order chi connectivity index (χ1) is 9.19. The van der Waals surface area contributed by atoms with E-state index in [1.807, 2.05) is 0 Å². The van der Waals surface area contributed by atoms with Crippen LogP contribution in [0.25, 0.3) is 0 Å². The molecule has 0 spiro atoms. The van der Waals surface area contributed by atoms with Crippen LogP contribution in [0.1, 0.15) is 17.0 Å². The minimum atomic E-state index is 0.961. The summed E-state index contributed by atoms with van der Waals surface area (Å²) in [6, 6.07) is 4.46. The number of nitrogens with zero attached hydrogens (tertiary/aromatic N) is 4. The van der Waals surface area contributed by atoms with E-state index in [4.69, 9.17) is 4.98 Å². The molecule has 1 aromatic rings. The molecule has 4 rings (SSSR count). The SMILES string of the molecule is Cc1cc2nc(c1)CN1CCN(CCN(C)C2)CC1. The molecule has 4 heteroatoms. The van der Waals surface area contributed by atoms with Crippen molar-refractivity contribution in [3.05, 3.63) is 29.1 Å². The molecule has 4 heterocycles. The first kappa shape index (κ1) is 13.0. The third-order valence-corrected chi connectivity index (χ3v) is 4.16. The summed E-state index contributed by atoms with van der Waals surface area (Å²) in [5.74, 6) is 0. The van der Waals surface area contributed by atoms with Crippen molar-refractivity contribution in [2.75, 3.05) is 46.3 Å². The zero-order chi connectivity index (χ0) is 13.2. The average molecular weight is 260 g/mol. The van der Waals surface area contributed by atoms with Gasteiger partial charge in [-0.05, 0) is 31.7 Å². The molecule has 19 heavy (non-hydrogen) atoms. The van der Waals surface area contributed by atoms with Crippen molar-refractivity contribution in [2.45, 2.75) is 20.0 Å². The molecule has 1 saturated heterocycles. The third-order valence-electron chi connectivity index (χ3n) is 4.16. The Morgan fingerprint density at radius 1 is 0.842 bits per heavy atom. The first-order valence-corrected chi connectivity index (χ1v) is 7.29. The zero-order valence-corrected chi connectivity index (χ0v) is 12.1. The van der Waals surface area contributed by atoms with Crippen molar-refractivity contribution >= 4 is 0 Å². The Bertz CT molecular complexity index is 438. The lowest BCUT2D eigenvalue weighted by Crippen LogP contribution is -2.48. The summed E-state index contributed by atoms with van der Waals surface area (Å²) in [5.41, 5.74) is 3.78. The molecule has 4 nitrogen and oxygen atoms in total. The van der Waals surface area contributed by atoms with Gasteiger partial charge < -0.3 is 0 Å². The van der Waals surface area contributed by atoms with E-state index in [1.54, 1.807) is 0 Å². The second-order valence-electron chi connectivity index (χ2n) is 5.98. The Balaban J connectivity index is 1.86. The van der Waals surface area contributed by atoms with Crippen LogP contribution >= 0.6 is 0 Å². The Morgan fingerprint density at radius 3 is 2.16 bits per heavy atom. The van der Waals surface area contributed by atoms with Crippen molar-refractivity contribution in [3.8, 4) is 0 Å². The molecule has 0 N–H and O–H groups in total. The minimum Gasteiger partial charge on any atom is -0.300 e. The van der Waals surface area contributed by atoms with Crippen LogP contribution in [0.4, 0.5) is 0 Å². The molecular formula is C15H24N4. The normalized spacial score (nSPS) is 28.7. The van der Waals surface area contributed by atoms with Crippen molar-refractivity contribution in [1.29, 1.82) is 0 Å². The Morgan fingerprint density at radius 2 is 1.42 bits per heavy atom. The topological polar surface area (TPSA) is 22.6 Å². The van der Waals surface area contributed by atoms with Crippen LogP contribution in [0.2, 0.25) is 0 Å². The second-order valence-corrected chi connectivity index (χ2v) is 5.98. The second kappa shape index (κ2) is 5.57. The zero-order valence-electron chi connectivity index (χ0n) is 12.1. The van der Waals surface area contributed by atoms with Gasteiger partial charge in [0.25, 0.3) is 0 Å². The van der Waals surface area contributed by atoms with Gasteiger partial charge >= 0.3 is 0 Å². The average Bonchev–Trinajstić information content (AvgIpc) is 2.36. The predicted molar refractivity (Wildman–Crippen MR) is 77.0 cm³/mol. The molecule has 1 fully saturated rings. The van der Waals surface area contributed by atoms with Gasteiger partial charge in [0.2, 0.25) is 0 Å². The quantitative estimate of drug-likeness (QED) is 0.693. The summed E-state index contributed by atoms with van der Waals surface area (Å²) in [7, 11) is 2.20. The predicted octanol–water partition coefficient (Wildman–Crippen LogP) is 0.953. The van der Waals surface area contributed by atoms with E-state index in [0.29, 0.717) is 0 Å². The van der Waals surface area contributed by atoms with Crippen LogP contribution < -0.4 is 0 Å². The minimum absolute atomic E-state index is 0.961. The molecule has 1 aromatic heterocycles. The van der Waals surface area contributed by atoms with Gasteiger partial charge in [0.1, 0.15) is 0 Å². The number of hydrogen-bond acceptors (Lipinski definition) is 4. The molecule has 0 amide bonds. The van der Waals surface area contributed by atoms with Gasteiger partial charge in [-0.3, -0.25) is 19.7 Å². The number of likely N-dealkylation sites (N-methyl/N-ethyl adjacent to an activating group) is 1. The maximum Gasteiger partial charge on any atom is 0.0550 e. The van der Waals surface area contributed by atoms with Crippen LogP contribution in [0.15, 0.2) is 12.1 Å². The molecule has 104 valence electrons. The molecule has 0 saturated carbocycles. The number of rotatable bonds is 0. The van der Waals surface area contributed by atoms with E-state index in [-0.39, 0.29) is 0 Å². The largest absolute Gasteiger partial charge is 0.300 e. The fraction of sp³-hybridized carbons (Fsp3) is 0.667. The fourth-order valence-corrected chi connectivity index (χ4v) is 3.05. The summed E-state index contributed by atoms with van der Waals surface area (Å²) in [4.78, 5) is 12.3. The number of piperazine rings is 1. The lowest BCUT2D eigenvalue weighted by Gasteiger charge is -2.36. The molecule has 0 aliphatic carbocycles. The van der Waals surface area contributed by atoms with E-state index in [9.17, 15) is 0 Å². The number of aromatic nitrogens is 1. The Labute approximate surface area is 116 Å². The third kappa shape index (κ3) is 3.32. The highest BCUT2D eigenvalue weighted by atomic mass is 15.3. The first-order valence-electron chi connectivity index (χ1n) is 7.29. The lowest BCUT2D eigenvalue weighted by atomic mass is 10.1. The van der Waals surface area contributed by atoms with Gasteiger partial charge in [-0.25, -0.2) is 0 Å². The molecule has 0 radical (unpaired) electrons. The van der Waals surface area contributed by atoms with Crippen LogP contribution in [-0.4, -0.2) is 66.0 Å². The van der Waals surface area contributed by atoms with Gasteiger partial charge in [-0.15, -0.1) is 0 Å². The van der Waals surface area contributed by atoms with Crippen molar-refractivity contribution in [3.63, 3.8) is 0 Å². The lowest BCUT2D eigenvalue weighted by molar-refractivity contribution is 0.114. The summed E-state index contributed by atoms with van der Waals surface area (Å²) in [5, 5.41) is 0. The van der Waals surface area contributed by atoms with Gasteiger partial charge in [-0.1, -0.05) is 0 Å². The smallest absolute Gasteiger partial charge is 0.0550 e. The van der Waals surface area contributed by atoms with Crippen LogP contribution in [0, 0.1) is 6.92 Å². The molecule has 4 bridgehead atoms. The standard InChI is InChI=1S/C15H24N4/c1-13-9-14-11-17(2)3-4-18-5-7-19(8-6-18)12-15(10-13)16-14/h9-10H,3-8,11-12H2,1-2H3. The highest BCUT2D eigenvalue weighted by Gasteiger charge is 2.19. The van der Waals surface area contributed by atoms with Crippen LogP contribution in [-0.2, 0) is 13.1 Å². The number of hydrogen-bond donors (Lipinski definition) is 0. The highest BCUT2D eigenvalue weighted by Crippen LogP contribution is 2.13. The molecule has 0 aromatic carbocycles. The van der Waals surface area contributed by atoms with Gasteiger partial charge in [-0.2, -0.15) is 0 Å². The van der Waals surface area contributed by atoms with E-state index in [2.05, 4.69) is 40.8 Å². The van der Waals surface area contributed by atoms with Crippen molar-refractivity contribution < 1.29 is 0 Å². The van der Waals surface area contributed by atoms with Gasteiger partial charge in [0, 0.05) is 52.4 Å². The van der Waals surface area contributed by atoms with Crippen molar-refractivity contribution in [2.24, 2.45) is 0 Å². The van der Waals surface area contributed by atoms with E-state index in [1.165, 1.54) is 49.7 Å². The fourth-order valence-electron chi connectivity index (χ4n) is 3.05. The highest BCUT2D eigenvalue weighted by molar-refractivity contribution is 5.20. The van der Waals surface area contributed by atoms with E-state index in [0.717, 1.165) is 19.6 Å². The van der Waals surface area contributed by atoms with Crippen LogP contribution in [0.3, 0.4) is 0 Å². The van der Waals surface area contributed by atoms with E-state index >= 15 is 0 Å². The molecular weight excluding hydrogens is 236 g/mol. The monoisotopic (exact) mass is 260 g/mol. The van der Waals surface area contributed by atoms with Gasteiger partial charge in [0.05, 0.1) is 11.4 Å². The van der Waals surface area contributed by atoms with Crippen molar-refractivity contribution in [1.82, 2.24) is 19.7 Å². The number of fused-ring (bicyclic) bond motifs is 5. The molecule has 0 unspecified atom stereocenters. The van der Waals surface area contributed by atoms with E-state index < -0.39 is 0 Å². The summed E-state index contributed by atoms with van der Waals surface area (Å²) in [6.07, 6.45) is 0. The summed E-state index contributed by atoms with van der Waals surface area (Å²) >= 11 is 0. The van der Waals surface area contributed by atoms with Gasteiger partial charge in [0.15, 0.2) is 0 Å².